The molecule has 0 aliphatic heterocycles. The molecule has 1 heteroatoms. The van der Waals surface area contributed by atoms with E-state index in [1.165, 1.54) is 96.3 Å². The van der Waals surface area contributed by atoms with Gasteiger partial charge in [0.15, 0.2) is 0 Å². The van der Waals surface area contributed by atoms with Crippen LogP contribution in [0.4, 0.5) is 0 Å². The summed E-state index contributed by atoms with van der Waals surface area (Å²) in [5, 5.41) is 0. The smallest absolute Gasteiger partial charge is 0.0101 e. The number of hydrogen-bond donors (Lipinski definition) is 0. The minimum Gasteiger partial charge on any atom is -0.294 e. The number of nitrogens with zero attached hydrogens (tertiary/aromatic N) is 1. The summed E-state index contributed by atoms with van der Waals surface area (Å²) in [6.45, 7) is 14.2. The molecule has 0 aliphatic carbocycles. The lowest BCUT2D eigenvalue weighted by Crippen LogP contribution is -2.49. The van der Waals surface area contributed by atoms with E-state index in [0.717, 1.165) is 18.1 Å². The van der Waals surface area contributed by atoms with Crippen LogP contribution >= 0.6 is 0 Å². The Hall–Kier alpha value is -0.0400. The van der Waals surface area contributed by atoms with Crippen LogP contribution < -0.4 is 0 Å². The van der Waals surface area contributed by atoms with E-state index in [2.05, 4.69) is 46.4 Å². The summed E-state index contributed by atoms with van der Waals surface area (Å²) in [5.41, 5.74) is 0. The van der Waals surface area contributed by atoms with Crippen molar-refractivity contribution in [3.8, 4) is 0 Å². The van der Waals surface area contributed by atoms with Crippen LogP contribution in [0.3, 0.4) is 0 Å². The molecule has 0 rings (SSSR count). The van der Waals surface area contributed by atoms with Gasteiger partial charge >= 0.3 is 0 Å². The van der Waals surface area contributed by atoms with Gasteiger partial charge in [0.1, 0.15) is 0 Å². The maximum atomic E-state index is 3.08. The summed E-state index contributed by atoms with van der Waals surface area (Å²) in [6, 6.07) is 2.48. The Bertz CT molecular complexity index is 220. The van der Waals surface area contributed by atoms with E-state index < -0.39 is 0 Å². The second-order valence-electron chi connectivity index (χ2n) is 8.20. The van der Waals surface area contributed by atoms with Crippen molar-refractivity contribution in [2.24, 2.45) is 0 Å². The standard InChI is InChI=1S/C24H51N/c1-7-13-19-22(16-10-4)25(23(17-11-5)20-14-8-2)24(18-12-6)21-15-9-3/h22-24H,7-21H2,1-6H3. The normalized spacial score (nSPS) is 15.5. The van der Waals surface area contributed by atoms with Crippen LogP contribution in [0.5, 0.6) is 0 Å². The Morgan fingerprint density at radius 2 is 0.680 bits per heavy atom. The molecule has 152 valence electrons. The van der Waals surface area contributed by atoms with Crippen molar-refractivity contribution in [2.75, 3.05) is 0 Å². The predicted octanol–water partition coefficient (Wildman–Crippen LogP) is 8.37. The molecule has 0 aliphatic rings. The fraction of sp³-hybridized carbons (Fsp3) is 1.00. The first-order valence-electron chi connectivity index (χ1n) is 12.0. The molecule has 0 spiro atoms. The maximum Gasteiger partial charge on any atom is 0.0101 e. The van der Waals surface area contributed by atoms with Crippen LogP contribution in [0.1, 0.15) is 138 Å². The van der Waals surface area contributed by atoms with Gasteiger partial charge in [-0.1, -0.05) is 99.3 Å². The van der Waals surface area contributed by atoms with E-state index in [9.17, 15) is 0 Å². The lowest BCUT2D eigenvalue weighted by Gasteiger charge is -2.44. The van der Waals surface area contributed by atoms with Crippen molar-refractivity contribution in [2.45, 2.75) is 156 Å². The third-order valence-corrected chi connectivity index (χ3v) is 5.80. The minimum atomic E-state index is 0.826. The van der Waals surface area contributed by atoms with Crippen LogP contribution in [0.2, 0.25) is 0 Å². The second-order valence-corrected chi connectivity index (χ2v) is 8.20. The van der Waals surface area contributed by atoms with Crippen LogP contribution in [0, 0.1) is 0 Å². The zero-order valence-electron chi connectivity index (χ0n) is 18.8. The zero-order valence-corrected chi connectivity index (χ0v) is 18.8. The molecule has 0 bridgehead atoms. The minimum absolute atomic E-state index is 0.826. The molecule has 0 radical (unpaired) electrons. The van der Waals surface area contributed by atoms with Gasteiger partial charge in [-0.25, -0.2) is 0 Å². The van der Waals surface area contributed by atoms with Crippen molar-refractivity contribution in [1.82, 2.24) is 4.90 Å². The van der Waals surface area contributed by atoms with E-state index in [1.54, 1.807) is 0 Å². The average Bonchev–Trinajstić information content (AvgIpc) is 2.62. The highest BCUT2D eigenvalue weighted by atomic mass is 15.2. The van der Waals surface area contributed by atoms with Gasteiger partial charge in [0.25, 0.3) is 0 Å². The van der Waals surface area contributed by atoms with Gasteiger partial charge in [-0.15, -0.1) is 0 Å². The summed E-state index contributed by atoms with van der Waals surface area (Å²) in [5.74, 6) is 0. The van der Waals surface area contributed by atoms with Crippen LogP contribution in [-0.4, -0.2) is 23.0 Å². The molecular weight excluding hydrogens is 302 g/mol. The number of rotatable bonds is 18. The molecule has 0 aromatic rings. The fourth-order valence-electron chi connectivity index (χ4n) is 4.54. The molecule has 1 nitrogen and oxygen atoms in total. The first kappa shape index (κ1) is 25.0. The first-order valence-corrected chi connectivity index (χ1v) is 12.0. The van der Waals surface area contributed by atoms with Gasteiger partial charge < -0.3 is 0 Å². The molecule has 0 saturated heterocycles. The number of unbranched alkanes of at least 4 members (excludes halogenated alkanes) is 3. The Labute approximate surface area is 161 Å². The van der Waals surface area contributed by atoms with Crippen LogP contribution in [-0.2, 0) is 0 Å². The van der Waals surface area contributed by atoms with Gasteiger partial charge in [0.2, 0.25) is 0 Å². The van der Waals surface area contributed by atoms with Crippen molar-refractivity contribution in [3.05, 3.63) is 0 Å². The van der Waals surface area contributed by atoms with Crippen molar-refractivity contribution in [3.63, 3.8) is 0 Å². The molecule has 0 saturated carbocycles. The third kappa shape index (κ3) is 10.6. The SMILES string of the molecule is CCCCC(CCC)N(C(CCC)CCCC)C(CCC)CCCC. The van der Waals surface area contributed by atoms with Crippen molar-refractivity contribution in [1.29, 1.82) is 0 Å². The quantitative estimate of drug-likeness (QED) is 0.239. The summed E-state index contributed by atoms with van der Waals surface area (Å²) >= 11 is 0. The summed E-state index contributed by atoms with van der Waals surface area (Å²) < 4.78 is 0. The zero-order chi connectivity index (χ0) is 18.9. The van der Waals surface area contributed by atoms with E-state index in [0.29, 0.717) is 0 Å². The van der Waals surface area contributed by atoms with Crippen LogP contribution in [0.15, 0.2) is 0 Å². The highest BCUT2D eigenvalue weighted by Gasteiger charge is 2.30. The lowest BCUT2D eigenvalue weighted by atomic mass is 9.91. The van der Waals surface area contributed by atoms with E-state index >= 15 is 0 Å². The largest absolute Gasteiger partial charge is 0.294 e. The maximum absolute atomic E-state index is 3.08. The van der Waals surface area contributed by atoms with Gasteiger partial charge in [-0.05, 0) is 38.5 Å². The van der Waals surface area contributed by atoms with Crippen molar-refractivity contribution >= 4 is 0 Å². The predicted molar refractivity (Wildman–Crippen MR) is 117 cm³/mol. The van der Waals surface area contributed by atoms with Gasteiger partial charge in [-0.3, -0.25) is 4.90 Å². The molecule has 0 aromatic carbocycles. The van der Waals surface area contributed by atoms with Gasteiger partial charge in [0.05, 0.1) is 0 Å². The molecule has 0 heterocycles. The molecule has 0 amide bonds. The summed E-state index contributed by atoms with van der Waals surface area (Å²) in [6.07, 6.45) is 20.7. The average molecular weight is 354 g/mol. The van der Waals surface area contributed by atoms with E-state index in [-0.39, 0.29) is 0 Å². The highest BCUT2D eigenvalue weighted by Crippen LogP contribution is 2.29. The van der Waals surface area contributed by atoms with Gasteiger partial charge in [0, 0.05) is 18.1 Å². The monoisotopic (exact) mass is 353 g/mol. The molecule has 3 atom stereocenters. The van der Waals surface area contributed by atoms with Crippen molar-refractivity contribution < 1.29 is 0 Å². The topological polar surface area (TPSA) is 3.24 Å². The molecule has 0 fully saturated rings. The molecule has 3 unspecified atom stereocenters. The second kappa shape index (κ2) is 17.4. The van der Waals surface area contributed by atoms with Crippen LogP contribution in [0.25, 0.3) is 0 Å². The third-order valence-electron chi connectivity index (χ3n) is 5.80. The first-order chi connectivity index (χ1) is 12.2. The Morgan fingerprint density at radius 3 is 0.880 bits per heavy atom. The highest BCUT2D eigenvalue weighted by molar-refractivity contribution is 4.85. The van der Waals surface area contributed by atoms with Gasteiger partial charge in [-0.2, -0.15) is 0 Å². The summed E-state index contributed by atoms with van der Waals surface area (Å²) in [4.78, 5) is 3.08. The Balaban J connectivity index is 5.47. The molecular formula is C24H51N. The number of hydrogen-bond acceptors (Lipinski definition) is 1. The molecule has 25 heavy (non-hydrogen) atoms. The Kier molecular flexibility index (Phi) is 17.3. The molecule has 0 N–H and O–H groups in total. The van der Waals surface area contributed by atoms with E-state index in [1.807, 2.05) is 0 Å². The lowest BCUT2D eigenvalue weighted by molar-refractivity contribution is 0.0439. The molecule has 0 aromatic heterocycles. The fourth-order valence-corrected chi connectivity index (χ4v) is 4.54. The Morgan fingerprint density at radius 1 is 0.400 bits per heavy atom. The summed E-state index contributed by atoms with van der Waals surface area (Å²) in [7, 11) is 0. The van der Waals surface area contributed by atoms with E-state index in [4.69, 9.17) is 0 Å².